The summed E-state index contributed by atoms with van der Waals surface area (Å²) in [6.07, 6.45) is 1.38. The molecule has 2 aromatic rings. The minimum Gasteiger partial charge on any atom is -0.508 e. The Morgan fingerprint density at radius 1 is 0.755 bits per heavy atom. The van der Waals surface area contributed by atoms with Crippen LogP contribution in [0.25, 0.3) is 0 Å². The molecule has 0 aliphatic rings. The molecule has 2 aromatic carbocycles. The van der Waals surface area contributed by atoms with E-state index < -0.39 is 84.6 Å². The van der Waals surface area contributed by atoms with E-state index in [1.54, 1.807) is 48.7 Å². The normalized spacial score (nSPS) is 13.8. The van der Waals surface area contributed by atoms with E-state index >= 15 is 0 Å². The third kappa shape index (κ3) is 14.6. The summed E-state index contributed by atoms with van der Waals surface area (Å²) in [5.41, 5.74) is 12.4. The molecule has 0 saturated heterocycles. The molecule has 0 fully saturated rings. The Morgan fingerprint density at radius 2 is 1.35 bits per heavy atom. The molecule has 17 heteroatoms. The van der Waals surface area contributed by atoms with Crippen LogP contribution in [0.4, 0.5) is 0 Å². The Balaban J connectivity index is 2.05. The summed E-state index contributed by atoms with van der Waals surface area (Å²) in [7, 11) is 0. The maximum Gasteiger partial charge on any atom is 0.326 e. The van der Waals surface area contributed by atoms with E-state index in [-0.39, 0.29) is 25.0 Å². The molecule has 0 radical (unpaired) electrons. The highest BCUT2D eigenvalue weighted by Crippen LogP contribution is 2.11. The number of amides is 6. The lowest BCUT2D eigenvalue weighted by molar-refractivity contribution is -0.143. The van der Waals surface area contributed by atoms with Crippen LogP contribution in [-0.4, -0.2) is 100 Å². The van der Waals surface area contributed by atoms with Crippen molar-refractivity contribution in [3.8, 4) is 5.75 Å². The van der Waals surface area contributed by atoms with Gasteiger partial charge in [-0.15, -0.1) is 0 Å². The molecule has 0 aliphatic heterocycles. The highest BCUT2D eigenvalue weighted by atomic mass is 32.2. The van der Waals surface area contributed by atoms with Crippen molar-refractivity contribution in [2.75, 3.05) is 18.6 Å². The Bertz CT molecular complexity index is 1460. The lowest BCUT2D eigenvalue weighted by Gasteiger charge is -2.24. The Hall–Kier alpha value is -5.16. The number of rotatable bonds is 20. The molecule has 0 spiro atoms. The van der Waals surface area contributed by atoms with Crippen molar-refractivity contribution in [2.24, 2.45) is 11.5 Å². The van der Waals surface area contributed by atoms with Gasteiger partial charge in [-0.2, -0.15) is 11.8 Å². The number of thioether (sulfide) groups is 1. The quantitative estimate of drug-likeness (QED) is 0.0750. The van der Waals surface area contributed by atoms with Crippen molar-refractivity contribution in [1.82, 2.24) is 26.6 Å². The van der Waals surface area contributed by atoms with Gasteiger partial charge in [-0.3, -0.25) is 28.8 Å². The molecule has 5 atom stereocenters. The number of nitrogens with two attached hydrogens (primary N) is 2. The van der Waals surface area contributed by atoms with Crippen molar-refractivity contribution in [3.05, 3.63) is 65.7 Å². The minimum atomic E-state index is -1.61. The first kappa shape index (κ1) is 40.0. The summed E-state index contributed by atoms with van der Waals surface area (Å²) in [5, 5.41) is 31.0. The number of hydrogen-bond acceptors (Lipinski definition) is 10. The van der Waals surface area contributed by atoms with Crippen LogP contribution < -0.4 is 38.1 Å². The van der Waals surface area contributed by atoms with Crippen molar-refractivity contribution in [2.45, 2.75) is 62.8 Å². The zero-order chi connectivity index (χ0) is 36.5. The second-order valence-corrected chi connectivity index (χ2v) is 12.1. The molecule has 0 unspecified atom stereocenters. The molecule has 0 bridgehead atoms. The van der Waals surface area contributed by atoms with E-state index in [4.69, 9.17) is 11.5 Å². The van der Waals surface area contributed by atoms with E-state index in [1.165, 1.54) is 30.8 Å². The summed E-state index contributed by atoms with van der Waals surface area (Å²) in [5.74, 6) is -5.61. The number of carbonyl (C=O) groups excluding carboxylic acids is 6. The van der Waals surface area contributed by atoms with Gasteiger partial charge in [-0.25, -0.2) is 4.79 Å². The van der Waals surface area contributed by atoms with Gasteiger partial charge in [-0.1, -0.05) is 42.5 Å². The highest BCUT2D eigenvalue weighted by molar-refractivity contribution is 7.98. The number of carboxylic acids is 1. The van der Waals surface area contributed by atoms with Gasteiger partial charge in [0.15, 0.2) is 0 Å². The first-order valence-electron chi connectivity index (χ1n) is 15.3. The summed E-state index contributed by atoms with van der Waals surface area (Å²) >= 11 is 1.38. The predicted molar refractivity (Wildman–Crippen MR) is 181 cm³/mol. The highest BCUT2D eigenvalue weighted by Gasteiger charge is 2.30. The van der Waals surface area contributed by atoms with Crippen LogP contribution >= 0.6 is 11.8 Å². The molecule has 266 valence electrons. The molecule has 49 heavy (non-hydrogen) atoms. The second-order valence-electron chi connectivity index (χ2n) is 11.1. The first-order chi connectivity index (χ1) is 23.2. The molecule has 0 saturated carbocycles. The van der Waals surface area contributed by atoms with E-state index in [2.05, 4.69) is 26.6 Å². The van der Waals surface area contributed by atoms with Gasteiger partial charge in [0.05, 0.1) is 19.0 Å². The van der Waals surface area contributed by atoms with Crippen LogP contribution in [0.2, 0.25) is 0 Å². The standard InChI is InChI=1S/C32H43N7O9S/c1-18(36-29(44)22(33)14-20-8-10-21(40)11-9-20)28(43)35-17-27(42)37-24(15-19-6-4-3-5-7-19)31(46)38-23(12-13-49-2)30(45)39-25(32(47)48)16-26(34)41/h3-11,18,22-25,40H,12-17,33H2,1-2H3,(H2,34,41)(H,35,43)(H,36,44)(H,37,42)(H,38,46)(H,39,45)(H,47,48)/t18-,22+,23+,24+,25+/m1/s1. The number of aliphatic carboxylic acids is 1. The Morgan fingerprint density at radius 3 is 1.94 bits per heavy atom. The minimum absolute atomic E-state index is 0.00797. The molecule has 0 aliphatic carbocycles. The summed E-state index contributed by atoms with van der Waals surface area (Å²) < 4.78 is 0. The smallest absolute Gasteiger partial charge is 0.326 e. The fraction of sp³-hybridized carbons (Fsp3) is 0.406. The zero-order valence-electron chi connectivity index (χ0n) is 27.1. The molecule has 11 N–H and O–H groups in total. The van der Waals surface area contributed by atoms with Gasteiger partial charge in [0.2, 0.25) is 35.4 Å². The summed E-state index contributed by atoms with van der Waals surface area (Å²) in [6.45, 7) is 0.850. The maximum atomic E-state index is 13.5. The number of hydrogen-bond donors (Lipinski definition) is 9. The summed E-state index contributed by atoms with van der Waals surface area (Å²) in [6, 6.07) is 8.75. The largest absolute Gasteiger partial charge is 0.508 e. The third-order valence-electron chi connectivity index (χ3n) is 7.10. The van der Waals surface area contributed by atoms with Crippen molar-refractivity contribution >= 4 is 53.2 Å². The van der Waals surface area contributed by atoms with Gasteiger partial charge in [0.25, 0.3) is 0 Å². The number of aromatic hydroxyl groups is 1. The Labute approximate surface area is 287 Å². The van der Waals surface area contributed by atoms with Crippen molar-refractivity contribution in [3.63, 3.8) is 0 Å². The number of primary amides is 1. The van der Waals surface area contributed by atoms with Crippen LogP contribution in [0.1, 0.15) is 30.9 Å². The first-order valence-corrected chi connectivity index (χ1v) is 16.6. The van der Waals surface area contributed by atoms with E-state index in [9.17, 15) is 43.8 Å². The summed E-state index contributed by atoms with van der Waals surface area (Å²) in [4.78, 5) is 87.5. The van der Waals surface area contributed by atoms with Gasteiger partial charge in [0.1, 0.15) is 29.9 Å². The SMILES string of the molecule is CSCC[C@H](NC(=O)[C@H](Cc1ccccc1)NC(=O)CNC(=O)[C@@H](C)NC(=O)[C@@H](N)Cc1ccc(O)cc1)C(=O)N[C@@H](CC(N)=O)C(=O)O. The zero-order valence-corrected chi connectivity index (χ0v) is 28.0. The fourth-order valence-corrected chi connectivity index (χ4v) is 4.91. The molecule has 0 aromatic heterocycles. The number of nitrogens with one attached hydrogen (secondary N) is 5. The van der Waals surface area contributed by atoms with Gasteiger partial charge in [-0.05, 0) is 55.0 Å². The molecular formula is C32H43N7O9S. The van der Waals surface area contributed by atoms with Crippen LogP contribution in [-0.2, 0) is 46.4 Å². The molecule has 0 heterocycles. The van der Waals surface area contributed by atoms with Crippen LogP contribution in [0.3, 0.4) is 0 Å². The number of benzene rings is 2. The van der Waals surface area contributed by atoms with E-state index in [1.807, 2.05) is 0 Å². The number of carbonyl (C=O) groups is 7. The molecule has 2 rings (SSSR count). The van der Waals surface area contributed by atoms with Crippen LogP contribution in [0.5, 0.6) is 5.75 Å². The van der Waals surface area contributed by atoms with Gasteiger partial charge >= 0.3 is 5.97 Å². The lowest BCUT2D eigenvalue weighted by Crippen LogP contribution is -2.57. The van der Waals surface area contributed by atoms with E-state index in [0.717, 1.165) is 0 Å². The average molecular weight is 702 g/mol. The van der Waals surface area contributed by atoms with Crippen LogP contribution in [0, 0.1) is 0 Å². The molecule has 6 amide bonds. The molecule has 16 nitrogen and oxygen atoms in total. The lowest BCUT2D eigenvalue weighted by atomic mass is 10.0. The third-order valence-corrected chi connectivity index (χ3v) is 7.75. The van der Waals surface area contributed by atoms with E-state index in [0.29, 0.717) is 16.9 Å². The van der Waals surface area contributed by atoms with Crippen molar-refractivity contribution in [1.29, 1.82) is 0 Å². The maximum absolute atomic E-state index is 13.5. The number of phenols is 1. The number of carboxylic acid groups (broad SMARTS) is 1. The van der Waals surface area contributed by atoms with Gasteiger partial charge in [0, 0.05) is 6.42 Å². The molecular weight excluding hydrogens is 658 g/mol. The van der Waals surface area contributed by atoms with Gasteiger partial charge < -0.3 is 48.3 Å². The topological polar surface area (TPSA) is 272 Å². The second kappa shape index (κ2) is 20.3. The average Bonchev–Trinajstić information content (AvgIpc) is 3.05. The van der Waals surface area contributed by atoms with Crippen molar-refractivity contribution < 1.29 is 43.8 Å². The number of phenolic OH excluding ortho intramolecular Hbond substituents is 1. The fourth-order valence-electron chi connectivity index (χ4n) is 4.44. The predicted octanol–water partition coefficient (Wildman–Crippen LogP) is -1.71. The Kier molecular flexibility index (Phi) is 16.5. The van der Waals surface area contributed by atoms with Crippen LogP contribution in [0.15, 0.2) is 54.6 Å². The monoisotopic (exact) mass is 701 g/mol.